The Morgan fingerprint density at radius 1 is 1.56 bits per heavy atom. The van der Waals surface area contributed by atoms with Gasteiger partial charge in [-0.3, -0.25) is 10.1 Å². The average Bonchev–Trinajstić information content (AvgIpc) is 2.77. The van der Waals surface area contributed by atoms with E-state index in [-0.39, 0.29) is 23.0 Å². The lowest BCUT2D eigenvalue weighted by Crippen LogP contribution is -1.95. The van der Waals surface area contributed by atoms with E-state index >= 15 is 0 Å². The highest BCUT2D eigenvalue weighted by Gasteiger charge is 2.22. The number of hydrogen-bond acceptors (Lipinski definition) is 6. The molecule has 1 N–H and O–H groups in total. The first-order valence-electron chi connectivity index (χ1n) is 4.95. The molecule has 1 aromatic carbocycles. The second kappa shape index (κ2) is 4.49. The molecule has 0 aliphatic heterocycles. The molecule has 1 unspecified atom stereocenters. The summed E-state index contributed by atoms with van der Waals surface area (Å²) in [5.74, 6) is -0.895. The summed E-state index contributed by atoms with van der Waals surface area (Å²) in [6, 6.07) is 2.90. The van der Waals surface area contributed by atoms with E-state index in [0.717, 1.165) is 18.2 Å². The highest BCUT2D eigenvalue weighted by atomic mass is 19.1. The minimum Gasteiger partial charge on any atom is -0.385 e. The van der Waals surface area contributed by atoms with E-state index in [2.05, 4.69) is 10.1 Å². The summed E-state index contributed by atoms with van der Waals surface area (Å²) in [4.78, 5) is 13.9. The van der Waals surface area contributed by atoms with E-state index in [9.17, 15) is 19.6 Å². The van der Waals surface area contributed by atoms with Crippen molar-refractivity contribution in [3.63, 3.8) is 0 Å². The van der Waals surface area contributed by atoms with Crippen molar-refractivity contribution in [2.45, 2.75) is 13.0 Å². The Bertz CT molecular complexity index is 597. The molecule has 0 saturated carbocycles. The number of halogens is 1. The number of nitro benzene ring substituents is 1. The number of hydrogen-bond donors (Lipinski definition) is 1. The van der Waals surface area contributed by atoms with Gasteiger partial charge in [0.25, 0.3) is 11.6 Å². The van der Waals surface area contributed by atoms with Crippen LogP contribution in [0.2, 0.25) is 0 Å². The molecular formula is C10H8FN3O4. The Hall–Kier alpha value is -2.35. The van der Waals surface area contributed by atoms with Crippen molar-refractivity contribution >= 4 is 5.69 Å². The fourth-order valence-corrected chi connectivity index (χ4v) is 1.35. The second-order valence-electron chi connectivity index (χ2n) is 3.55. The first-order valence-corrected chi connectivity index (χ1v) is 4.95. The van der Waals surface area contributed by atoms with Gasteiger partial charge in [-0.05, 0) is 19.1 Å². The van der Waals surface area contributed by atoms with Gasteiger partial charge < -0.3 is 9.63 Å². The first kappa shape index (κ1) is 12.1. The maximum absolute atomic E-state index is 13.1. The lowest BCUT2D eigenvalue weighted by Gasteiger charge is -1.97. The van der Waals surface area contributed by atoms with Crippen LogP contribution in [0.4, 0.5) is 10.1 Å². The van der Waals surface area contributed by atoms with E-state index in [1.165, 1.54) is 6.92 Å². The van der Waals surface area contributed by atoms with Gasteiger partial charge in [-0.1, -0.05) is 5.16 Å². The van der Waals surface area contributed by atoms with Gasteiger partial charge >= 0.3 is 0 Å². The minimum atomic E-state index is -0.977. The maximum Gasteiger partial charge on any atom is 0.282 e. The summed E-state index contributed by atoms with van der Waals surface area (Å²) in [7, 11) is 0. The fraction of sp³-hybridized carbons (Fsp3) is 0.200. The molecule has 0 aliphatic rings. The molecule has 0 bridgehead atoms. The molecule has 94 valence electrons. The SMILES string of the molecule is CC(O)c1noc(-c2cc(F)ccc2[N+](=O)[O-])n1. The number of aliphatic hydroxyl groups is 1. The van der Waals surface area contributed by atoms with E-state index in [4.69, 9.17) is 4.52 Å². The molecule has 2 aromatic rings. The number of rotatable bonds is 3. The molecule has 1 atom stereocenters. The van der Waals surface area contributed by atoms with Crippen LogP contribution in [0.15, 0.2) is 22.7 Å². The fourth-order valence-electron chi connectivity index (χ4n) is 1.35. The average molecular weight is 253 g/mol. The van der Waals surface area contributed by atoms with Crippen molar-refractivity contribution in [2.75, 3.05) is 0 Å². The molecule has 0 amide bonds. The monoisotopic (exact) mass is 253 g/mol. The van der Waals surface area contributed by atoms with E-state index in [0.29, 0.717) is 0 Å². The zero-order chi connectivity index (χ0) is 13.3. The molecule has 1 heterocycles. The molecular weight excluding hydrogens is 245 g/mol. The van der Waals surface area contributed by atoms with Crippen LogP contribution in [0.5, 0.6) is 0 Å². The highest BCUT2D eigenvalue weighted by Crippen LogP contribution is 2.29. The maximum atomic E-state index is 13.1. The van der Waals surface area contributed by atoms with Gasteiger partial charge in [0.2, 0.25) is 0 Å². The summed E-state index contributed by atoms with van der Waals surface area (Å²) in [6.45, 7) is 1.41. The topological polar surface area (TPSA) is 102 Å². The van der Waals surface area contributed by atoms with Gasteiger partial charge in [0.05, 0.1) is 4.92 Å². The normalized spacial score (nSPS) is 12.4. The molecule has 0 aliphatic carbocycles. The van der Waals surface area contributed by atoms with Crippen molar-refractivity contribution in [3.05, 3.63) is 40.0 Å². The minimum absolute atomic E-state index is 0.0245. The number of benzene rings is 1. The van der Waals surface area contributed by atoms with Gasteiger partial charge in [-0.2, -0.15) is 4.98 Å². The lowest BCUT2D eigenvalue weighted by atomic mass is 10.2. The summed E-state index contributed by atoms with van der Waals surface area (Å²) in [6.07, 6.45) is -0.977. The van der Waals surface area contributed by atoms with Crippen LogP contribution in [-0.2, 0) is 0 Å². The zero-order valence-corrected chi connectivity index (χ0v) is 9.20. The molecule has 2 rings (SSSR count). The van der Waals surface area contributed by atoms with Crippen LogP contribution < -0.4 is 0 Å². The Morgan fingerprint density at radius 3 is 2.83 bits per heavy atom. The molecule has 0 saturated heterocycles. The number of nitrogens with zero attached hydrogens (tertiary/aromatic N) is 3. The standard InChI is InChI=1S/C10H8FN3O4/c1-5(15)9-12-10(18-13-9)7-4-6(11)2-3-8(7)14(16)17/h2-5,15H,1H3. The molecule has 8 heteroatoms. The van der Waals surface area contributed by atoms with Crippen molar-refractivity contribution in [1.82, 2.24) is 10.1 Å². The van der Waals surface area contributed by atoms with Gasteiger partial charge in [0.1, 0.15) is 17.5 Å². The molecule has 0 fully saturated rings. The Kier molecular flexibility index (Phi) is 3.02. The van der Waals surface area contributed by atoms with Crippen molar-refractivity contribution in [1.29, 1.82) is 0 Å². The van der Waals surface area contributed by atoms with Gasteiger partial charge in [0, 0.05) is 6.07 Å². The van der Waals surface area contributed by atoms with Gasteiger partial charge in [0.15, 0.2) is 5.82 Å². The zero-order valence-electron chi connectivity index (χ0n) is 9.20. The molecule has 0 radical (unpaired) electrons. The number of aromatic nitrogens is 2. The third-order valence-electron chi connectivity index (χ3n) is 2.20. The summed E-state index contributed by atoms with van der Waals surface area (Å²) in [5, 5.41) is 23.5. The van der Waals surface area contributed by atoms with E-state index < -0.39 is 16.8 Å². The second-order valence-corrected chi connectivity index (χ2v) is 3.55. The third-order valence-corrected chi connectivity index (χ3v) is 2.20. The summed E-state index contributed by atoms with van der Waals surface area (Å²) in [5.41, 5.74) is -0.475. The van der Waals surface area contributed by atoms with Crippen molar-refractivity contribution in [2.24, 2.45) is 0 Å². The molecule has 18 heavy (non-hydrogen) atoms. The third kappa shape index (κ3) is 2.18. The van der Waals surface area contributed by atoms with Crippen LogP contribution in [0.1, 0.15) is 18.9 Å². The lowest BCUT2D eigenvalue weighted by molar-refractivity contribution is -0.384. The molecule has 0 spiro atoms. The summed E-state index contributed by atoms with van der Waals surface area (Å²) >= 11 is 0. The van der Waals surface area contributed by atoms with Gasteiger partial charge in [-0.15, -0.1) is 0 Å². The highest BCUT2D eigenvalue weighted by molar-refractivity contribution is 5.66. The predicted octanol–water partition coefficient (Wildman–Crippen LogP) is 1.84. The molecule has 7 nitrogen and oxygen atoms in total. The van der Waals surface area contributed by atoms with Crippen LogP contribution >= 0.6 is 0 Å². The smallest absolute Gasteiger partial charge is 0.282 e. The van der Waals surface area contributed by atoms with Crippen molar-refractivity contribution < 1.29 is 18.9 Å². The quantitative estimate of drug-likeness (QED) is 0.661. The summed E-state index contributed by atoms with van der Waals surface area (Å²) < 4.78 is 17.9. The van der Waals surface area contributed by atoms with Crippen LogP contribution in [-0.4, -0.2) is 20.2 Å². The Labute approximate surface area is 100 Å². The number of aliphatic hydroxyl groups excluding tert-OH is 1. The number of nitro groups is 1. The van der Waals surface area contributed by atoms with Crippen LogP contribution in [0.3, 0.4) is 0 Å². The van der Waals surface area contributed by atoms with Crippen LogP contribution in [0, 0.1) is 15.9 Å². The molecule has 1 aromatic heterocycles. The predicted molar refractivity (Wildman–Crippen MR) is 57.0 cm³/mol. The Morgan fingerprint density at radius 2 is 2.28 bits per heavy atom. The van der Waals surface area contributed by atoms with E-state index in [1.807, 2.05) is 0 Å². The van der Waals surface area contributed by atoms with Crippen LogP contribution in [0.25, 0.3) is 11.5 Å². The van der Waals surface area contributed by atoms with Crippen molar-refractivity contribution in [3.8, 4) is 11.5 Å². The van der Waals surface area contributed by atoms with Gasteiger partial charge in [-0.25, -0.2) is 4.39 Å². The first-order chi connectivity index (χ1) is 8.49. The largest absolute Gasteiger partial charge is 0.385 e. The Balaban J connectivity index is 2.54. The van der Waals surface area contributed by atoms with E-state index in [1.54, 1.807) is 0 Å².